The molecule has 0 aliphatic carbocycles. The molecular weight excluding hydrogens is 182 g/mol. The summed E-state index contributed by atoms with van der Waals surface area (Å²) in [5.41, 5.74) is 2.69. The third kappa shape index (κ3) is 1.34. The summed E-state index contributed by atoms with van der Waals surface area (Å²) in [5, 5.41) is 16.7. The van der Waals surface area contributed by atoms with Crippen molar-refractivity contribution in [3.63, 3.8) is 0 Å². The third-order valence-corrected chi connectivity index (χ3v) is 2.54. The van der Waals surface area contributed by atoms with Crippen LogP contribution in [0, 0.1) is 11.3 Å². The molecule has 0 aliphatic heterocycles. The molecule has 0 spiro atoms. The van der Waals surface area contributed by atoms with Crippen LogP contribution in [0.5, 0.6) is 0 Å². The van der Waals surface area contributed by atoms with Crippen molar-refractivity contribution in [2.45, 2.75) is 0 Å². The van der Waals surface area contributed by atoms with Crippen LogP contribution >= 0.6 is 11.3 Å². The highest BCUT2D eigenvalue weighted by molar-refractivity contribution is 7.08. The lowest BCUT2D eigenvalue weighted by Gasteiger charge is -1.90. The molecule has 3 nitrogen and oxygen atoms in total. The Bertz CT molecular complexity index is 461. The molecular formula is C9H7N3S. The van der Waals surface area contributed by atoms with Crippen LogP contribution < -0.4 is 0 Å². The SMILES string of the molecule is Cn1cc(-c2cscc2C#N)cn1. The highest BCUT2D eigenvalue weighted by Gasteiger charge is 2.06. The lowest BCUT2D eigenvalue weighted by molar-refractivity contribution is 0.768. The minimum atomic E-state index is 0.720. The fraction of sp³-hybridized carbons (Fsp3) is 0.111. The number of nitriles is 1. The molecule has 0 saturated heterocycles. The molecule has 0 atom stereocenters. The van der Waals surface area contributed by atoms with Crippen molar-refractivity contribution < 1.29 is 0 Å². The van der Waals surface area contributed by atoms with Crippen molar-refractivity contribution in [3.8, 4) is 17.2 Å². The summed E-state index contributed by atoms with van der Waals surface area (Å²) in [6, 6.07) is 2.16. The lowest BCUT2D eigenvalue weighted by atomic mass is 10.1. The number of aryl methyl sites for hydroxylation is 1. The minimum absolute atomic E-state index is 0.720. The van der Waals surface area contributed by atoms with Crippen molar-refractivity contribution >= 4 is 11.3 Å². The monoisotopic (exact) mass is 189 g/mol. The van der Waals surface area contributed by atoms with Crippen LogP contribution in [0.3, 0.4) is 0 Å². The van der Waals surface area contributed by atoms with Gasteiger partial charge in [-0.25, -0.2) is 0 Å². The average molecular weight is 189 g/mol. The Labute approximate surface area is 79.9 Å². The standard InChI is InChI=1S/C9H7N3S/c1-12-4-8(3-11-12)9-6-13-5-7(9)2-10/h3-6H,1H3. The van der Waals surface area contributed by atoms with E-state index >= 15 is 0 Å². The van der Waals surface area contributed by atoms with Gasteiger partial charge in [-0.15, -0.1) is 0 Å². The Morgan fingerprint density at radius 2 is 2.38 bits per heavy atom. The van der Waals surface area contributed by atoms with Gasteiger partial charge < -0.3 is 0 Å². The van der Waals surface area contributed by atoms with Crippen LogP contribution in [0.15, 0.2) is 23.2 Å². The van der Waals surface area contributed by atoms with E-state index in [1.165, 1.54) is 11.3 Å². The topological polar surface area (TPSA) is 41.6 Å². The fourth-order valence-corrected chi connectivity index (χ4v) is 1.95. The van der Waals surface area contributed by atoms with Gasteiger partial charge in [-0.3, -0.25) is 4.68 Å². The van der Waals surface area contributed by atoms with Gasteiger partial charge in [-0.05, 0) is 0 Å². The van der Waals surface area contributed by atoms with E-state index in [4.69, 9.17) is 5.26 Å². The molecule has 2 heterocycles. The van der Waals surface area contributed by atoms with Gasteiger partial charge in [-0.1, -0.05) is 0 Å². The molecule has 2 aromatic heterocycles. The maximum absolute atomic E-state index is 8.80. The van der Waals surface area contributed by atoms with Crippen molar-refractivity contribution in [2.24, 2.45) is 7.05 Å². The van der Waals surface area contributed by atoms with Crippen LogP contribution in [0.4, 0.5) is 0 Å². The van der Waals surface area contributed by atoms with E-state index < -0.39 is 0 Å². The predicted octanol–water partition coefficient (Wildman–Crippen LogP) is 2.02. The van der Waals surface area contributed by atoms with E-state index in [1.54, 1.807) is 10.9 Å². The molecule has 13 heavy (non-hydrogen) atoms. The van der Waals surface area contributed by atoms with E-state index in [2.05, 4.69) is 11.2 Å². The summed E-state index contributed by atoms with van der Waals surface area (Å²) >= 11 is 1.54. The summed E-state index contributed by atoms with van der Waals surface area (Å²) in [5.74, 6) is 0. The van der Waals surface area contributed by atoms with Crippen molar-refractivity contribution in [1.29, 1.82) is 5.26 Å². The second-order valence-electron chi connectivity index (χ2n) is 2.71. The predicted molar refractivity (Wildman–Crippen MR) is 51.2 cm³/mol. The molecule has 4 heteroatoms. The van der Waals surface area contributed by atoms with Crippen LogP contribution in [-0.4, -0.2) is 9.78 Å². The first-order valence-corrected chi connectivity index (χ1v) is 4.71. The lowest BCUT2D eigenvalue weighted by Crippen LogP contribution is -1.84. The zero-order valence-corrected chi connectivity index (χ0v) is 7.88. The molecule has 0 fully saturated rings. The molecule has 2 rings (SSSR count). The van der Waals surface area contributed by atoms with Crippen LogP contribution in [0.1, 0.15) is 5.56 Å². The number of hydrogen-bond donors (Lipinski definition) is 0. The zero-order valence-electron chi connectivity index (χ0n) is 7.06. The Hall–Kier alpha value is -1.60. The summed E-state index contributed by atoms with van der Waals surface area (Å²) < 4.78 is 1.73. The minimum Gasteiger partial charge on any atom is -0.275 e. The first-order valence-electron chi connectivity index (χ1n) is 3.76. The van der Waals surface area contributed by atoms with Gasteiger partial charge in [0.05, 0.1) is 11.8 Å². The molecule has 64 valence electrons. The van der Waals surface area contributed by atoms with Gasteiger partial charge in [0.15, 0.2) is 0 Å². The van der Waals surface area contributed by atoms with Gasteiger partial charge in [0, 0.05) is 35.1 Å². The van der Waals surface area contributed by atoms with Crippen molar-refractivity contribution in [3.05, 3.63) is 28.7 Å². The quantitative estimate of drug-likeness (QED) is 0.688. The summed E-state index contributed by atoms with van der Waals surface area (Å²) in [6.45, 7) is 0. The van der Waals surface area contributed by atoms with E-state index in [9.17, 15) is 0 Å². The summed E-state index contributed by atoms with van der Waals surface area (Å²) in [6.07, 6.45) is 3.67. The molecule has 0 bridgehead atoms. The van der Waals surface area contributed by atoms with E-state index in [-0.39, 0.29) is 0 Å². The van der Waals surface area contributed by atoms with Gasteiger partial charge in [0.25, 0.3) is 0 Å². The first kappa shape index (κ1) is 8.02. The second-order valence-corrected chi connectivity index (χ2v) is 3.46. The fourth-order valence-electron chi connectivity index (χ4n) is 1.17. The van der Waals surface area contributed by atoms with Gasteiger partial charge in [0.1, 0.15) is 6.07 Å². The smallest absolute Gasteiger partial charge is 0.101 e. The Morgan fingerprint density at radius 1 is 1.54 bits per heavy atom. The number of thiophene rings is 1. The Balaban J connectivity index is 2.53. The molecule has 0 amide bonds. The van der Waals surface area contributed by atoms with Crippen molar-refractivity contribution in [2.75, 3.05) is 0 Å². The maximum atomic E-state index is 8.80. The molecule has 0 N–H and O–H groups in total. The average Bonchev–Trinajstić information content (AvgIpc) is 2.71. The highest BCUT2D eigenvalue weighted by Crippen LogP contribution is 2.25. The summed E-state index contributed by atoms with van der Waals surface area (Å²) in [7, 11) is 1.86. The number of rotatable bonds is 1. The normalized spacial score (nSPS) is 9.85. The highest BCUT2D eigenvalue weighted by atomic mass is 32.1. The van der Waals surface area contributed by atoms with Gasteiger partial charge in [0.2, 0.25) is 0 Å². The molecule has 0 aliphatic rings. The van der Waals surface area contributed by atoms with Crippen molar-refractivity contribution in [1.82, 2.24) is 9.78 Å². The number of hydrogen-bond acceptors (Lipinski definition) is 3. The molecule has 0 saturated carbocycles. The molecule has 2 aromatic rings. The largest absolute Gasteiger partial charge is 0.275 e. The number of aromatic nitrogens is 2. The van der Waals surface area contributed by atoms with E-state index in [0.29, 0.717) is 0 Å². The van der Waals surface area contributed by atoms with Crippen LogP contribution in [0.2, 0.25) is 0 Å². The first-order chi connectivity index (χ1) is 6.31. The maximum Gasteiger partial charge on any atom is 0.101 e. The molecule has 0 unspecified atom stereocenters. The van der Waals surface area contributed by atoms with Crippen LogP contribution in [0.25, 0.3) is 11.1 Å². The summed E-state index contributed by atoms with van der Waals surface area (Å²) in [4.78, 5) is 0. The Kier molecular flexibility index (Phi) is 1.87. The van der Waals surface area contributed by atoms with E-state index in [1.807, 2.05) is 24.0 Å². The zero-order chi connectivity index (χ0) is 9.26. The van der Waals surface area contributed by atoms with Gasteiger partial charge in [-0.2, -0.15) is 21.7 Å². The second kappa shape index (κ2) is 3.04. The molecule has 0 aromatic carbocycles. The molecule has 0 radical (unpaired) electrons. The third-order valence-electron chi connectivity index (χ3n) is 1.80. The van der Waals surface area contributed by atoms with Gasteiger partial charge >= 0.3 is 0 Å². The van der Waals surface area contributed by atoms with E-state index in [0.717, 1.165) is 16.7 Å². The van der Waals surface area contributed by atoms with Crippen LogP contribution in [-0.2, 0) is 7.05 Å². The Morgan fingerprint density at radius 3 is 3.00 bits per heavy atom. The number of nitrogens with zero attached hydrogens (tertiary/aromatic N) is 3.